The normalized spacial score (nSPS) is 25.0. The van der Waals surface area contributed by atoms with Crippen LogP contribution in [-0.4, -0.2) is 50.6 Å². The summed E-state index contributed by atoms with van der Waals surface area (Å²) < 4.78 is 5.41. The van der Waals surface area contributed by atoms with Gasteiger partial charge in [0.25, 0.3) is 0 Å². The summed E-state index contributed by atoms with van der Waals surface area (Å²) in [5, 5.41) is 6.87. The topological polar surface area (TPSA) is 53.6 Å². The zero-order valence-electron chi connectivity index (χ0n) is 16.7. The number of likely N-dealkylation sites (N-methyl/N-ethyl adjacent to an activating group) is 1. The molecule has 2 N–H and O–H groups in total. The Morgan fingerprint density at radius 3 is 2.82 bits per heavy atom. The lowest BCUT2D eigenvalue weighted by Crippen LogP contribution is -2.50. The minimum atomic E-state index is -0.171. The zero-order valence-corrected chi connectivity index (χ0v) is 16.7. The van der Waals surface area contributed by atoms with Gasteiger partial charge in [-0.15, -0.1) is 0 Å². The second-order valence-corrected chi connectivity index (χ2v) is 7.94. The van der Waals surface area contributed by atoms with Gasteiger partial charge in [-0.05, 0) is 48.8 Å². The van der Waals surface area contributed by atoms with Gasteiger partial charge >= 0.3 is 0 Å². The maximum absolute atomic E-state index is 13.4. The van der Waals surface area contributed by atoms with Gasteiger partial charge in [0, 0.05) is 31.6 Å². The van der Waals surface area contributed by atoms with E-state index in [-0.39, 0.29) is 17.9 Å². The third-order valence-corrected chi connectivity index (χ3v) is 6.02. The van der Waals surface area contributed by atoms with E-state index in [0.29, 0.717) is 5.92 Å². The lowest BCUT2D eigenvalue weighted by molar-refractivity contribution is -0.124. The number of carbonyl (C=O) groups is 1. The number of hydrogen-bond donors (Lipinski definition) is 2. The Labute approximate surface area is 167 Å². The molecule has 0 saturated carbocycles. The third-order valence-electron chi connectivity index (χ3n) is 6.02. The van der Waals surface area contributed by atoms with Crippen molar-refractivity contribution in [3.63, 3.8) is 0 Å². The Morgan fingerprint density at radius 1 is 1.21 bits per heavy atom. The molecule has 5 nitrogen and oxygen atoms in total. The molecule has 1 saturated heterocycles. The molecule has 0 bridgehead atoms. The summed E-state index contributed by atoms with van der Waals surface area (Å²) in [6.45, 7) is 3.42. The standard InChI is InChI=1S/C23H29N3O2/c1-26-14-17-8-9-18(28-2)12-19(17)21(15-26)23(27)25-22-10-11-24-13-20(22)16-6-4-3-5-7-16/h3-9,12,20-22,24H,10-11,13-15H2,1-2H3,(H,25,27). The molecule has 2 aliphatic heterocycles. The van der Waals surface area contributed by atoms with Crippen LogP contribution >= 0.6 is 0 Å². The summed E-state index contributed by atoms with van der Waals surface area (Å²) >= 11 is 0. The molecule has 4 rings (SSSR count). The molecule has 2 aromatic rings. The number of benzene rings is 2. The van der Waals surface area contributed by atoms with E-state index in [1.807, 2.05) is 18.2 Å². The van der Waals surface area contributed by atoms with Crippen molar-refractivity contribution in [2.45, 2.75) is 30.8 Å². The summed E-state index contributed by atoms with van der Waals surface area (Å²) in [7, 11) is 3.75. The minimum absolute atomic E-state index is 0.119. The van der Waals surface area contributed by atoms with Crippen LogP contribution < -0.4 is 15.4 Å². The van der Waals surface area contributed by atoms with Gasteiger partial charge in [0.15, 0.2) is 0 Å². The smallest absolute Gasteiger partial charge is 0.229 e. The summed E-state index contributed by atoms with van der Waals surface area (Å²) in [6.07, 6.45) is 0.943. The molecule has 2 aliphatic rings. The first-order valence-electron chi connectivity index (χ1n) is 10.1. The first kappa shape index (κ1) is 19.0. The van der Waals surface area contributed by atoms with Crippen molar-refractivity contribution in [2.24, 2.45) is 0 Å². The van der Waals surface area contributed by atoms with Gasteiger partial charge < -0.3 is 20.3 Å². The molecule has 0 aliphatic carbocycles. The predicted molar refractivity (Wildman–Crippen MR) is 111 cm³/mol. The molecular formula is C23H29N3O2. The number of amides is 1. The Balaban J connectivity index is 1.56. The highest BCUT2D eigenvalue weighted by Crippen LogP contribution is 2.32. The van der Waals surface area contributed by atoms with E-state index < -0.39 is 0 Å². The minimum Gasteiger partial charge on any atom is -0.497 e. The summed E-state index contributed by atoms with van der Waals surface area (Å²) in [5.41, 5.74) is 3.59. The highest BCUT2D eigenvalue weighted by molar-refractivity contribution is 5.85. The molecule has 2 aromatic carbocycles. The number of hydrogen-bond acceptors (Lipinski definition) is 4. The van der Waals surface area contributed by atoms with Gasteiger partial charge in [0.2, 0.25) is 5.91 Å². The van der Waals surface area contributed by atoms with Gasteiger partial charge in [-0.2, -0.15) is 0 Å². The van der Waals surface area contributed by atoms with Gasteiger partial charge in [0.1, 0.15) is 5.75 Å². The van der Waals surface area contributed by atoms with Crippen molar-refractivity contribution >= 4 is 5.91 Å². The van der Waals surface area contributed by atoms with Gasteiger partial charge in [-0.1, -0.05) is 36.4 Å². The first-order chi connectivity index (χ1) is 13.7. The molecular weight excluding hydrogens is 350 g/mol. The Morgan fingerprint density at radius 2 is 2.04 bits per heavy atom. The number of ether oxygens (including phenoxy) is 1. The van der Waals surface area contributed by atoms with Crippen molar-refractivity contribution in [3.8, 4) is 5.75 Å². The Kier molecular flexibility index (Phi) is 5.64. The predicted octanol–water partition coefficient (Wildman–Crippen LogP) is 2.49. The van der Waals surface area contributed by atoms with Crippen LogP contribution in [0, 0.1) is 0 Å². The molecule has 5 heteroatoms. The molecule has 28 heavy (non-hydrogen) atoms. The van der Waals surface area contributed by atoms with Gasteiger partial charge in [-0.3, -0.25) is 4.79 Å². The second kappa shape index (κ2) is 8.33. The van der Waals surface area contributed by atoms with Crippen LogP contribution in [0.2, 0.25) is 0 Å². The number of piperidine rings is 1. The summed E-state index contributed by atoms with van der Waals surface area (Å²) in [6, 6.07) is 16.7. The zero-order chi connectivity index (χ0) is 19.5. The fourth-order valence-corrected chi connectivity index (χ4v) is 4.52. The molecule has 1 amide bonds. The number of nitrogens with one attached hydrogen (secondary N) is 2. The van der Waals surface area contributed by atoms with E-state index >= 15 is 0 Å². The van der Waals surface area contributed by atoms with Crippen molar-refractivity contribution in [3.05, 3.63) is 65.2 Å². The van der Waals surface area contributed by atoms with E-state index in [0.717, 1.165) is 43.9 Å². The molecule has 2 heterocycles. The lowest BCUT2D eigenvalue weighted by Gasteiger charge is -2.36. The number of nitrogens with zero attached hydrogens (tertiary/aromatic N) is 1. The van der Waals surface area contributed by atoms with Crippen LogP contribution in [0.15, 0.2) is 48.5 Å². The molecule has 3 unspecified atom stereocenters. The number of fused-ring (bicyclic) bond motifs is 1. The van der Waals surface area contributed by atoms with Crippen molar-refractivity contribution < 1.29 is 9.53 Å². The van der Waals surface area contributed by atoms with Gasteiger partial charge in [0.05, 0.1) is 13.0 Å². The fourth-order valence-electron chi connectivity index (χ4n) is 4.52. The highest BCUT2D eigenvalue weighted by atomic mass is 16.5. The van der Waals surface area contributed by atoms with Crippen LogP contribution in [0.1, 0.15) is 34.9 Å². The molecule has 1 fully saturated rings. The molecule has 0 radical (unpaired) electrons. The van der Waals surface area contributed by atoms with Crippen LogP contribution in [0.5, 0.6) is 5.75 Å². The van der Waals surface area contributed by atoms with Crippen molar-refractivity contribution in [1.82, 2.24) is 15.5 Å². The molecule has 148 valence electrons. The number of methoxy groups -OCH3 is 1. The van der Waals surface area contributed by atoms with E-state index in [1.165, 1.54) is 11.1 Å². The third kappa shape index (κ3) is 3.91. The maximum Gasteiger partial charge on any atom is 0.229 e. The first-order valence-corrected chi connectivity index (χ1v) is 10.1. The van der Waals surface area contributed by atoms with E-state index in [4.69, 9.17) is 4.74 Å². The van der Waals surface area contributed by atoms with E-state index in [1.54, 1.807) is 7.11 Å². The van der Waals surface area contributed by atoms with Gasteiger partial charge in [-0.25, -0.2) is 0 Å². The quantitative estimate of drug-likeness (QED) is 0.857. The van der Waals surface area contributed by atoms with E-state index in [2.05, 4.69) is 52.9 Å². The van der Waals surface area contributed by atoms with Crippen molar-refractivity contribution in [2.75, 3.05) is 33.8 Å². The van der Waals surface area contributed by atoms with Crippen LogP contribution in [0.3, 0.4) is 0 Å². The maximum atomic E-state index is 13.4. The monoisotopic (exact) mass is 379 g/mol. The lowest BCUT2D eigenvalue weighted by atomic mass is 9.85. The summed E-state index contributed by atoms with van der Waals surface area (Å²) in [5.74, 6) is 1.05. The van der Waals surface area contributed by atoms with Crippen LogP contribution in [0.4, 0.5) is 0 Å². The van der Waals surface area contributed by atoms with Crippen molar-refractivity contribution in [1.29, 1.82) is 0 Å². The molecule has 0 spiro atoms. The Hall–Kier alpha value is -2.37. The number of rotatable bonds is 4. The highest BCUT2D eigenvalue weighted by Gasteiger charge is 2.33. The number of carbonyl (C=O) groups excluding carboxylic acids is 1. The second-order valence-electron chi connectivity index (χ2n) is 7.94. The average molecular weight is 380 g/mol. The molecule has 3 atom stereocenters. The Bertz CT molecular complexity index is 824. The summed E-state index contributed by atoms with van der Waals surface area (Å²) in [4.78, 5) is 15.6. The average Bonchev–Trinajstić information content (AvgIpc) is 2.73. The van der Waals surface area contributed by atoms with Crippen LogP contribution in [-0.2, 0) is 11.3 Å². The van der Waals surface area contributed by atoms with E-state index in [9.17, 15) is 4.79 Å². The SMILES string of the molecule is COc1ccc2c(c1)C(C(=O)NC1CCNCC1c1ccccc1)CN(C)C2. The fraction of sp³-hybridized carbons (Fsp3) is 0.435. The molecule has 0 aromatic heterocycles. The largest absolute Gasteiger partial charge is 0.497 e. The van der Waals surface area contributed by atoms with Crippen LogP contribution in [0.25, 0.3) is 0 Å².